The van der Waals surface area contributed by atoms with E-state index < -0.39 is 0 Å². The first kappa shape index (κ1) is 18.2. The molecular formula is C21H29N5O. The minimum Gasteiger partial charge on any atom is -0.338 e. The zero-order valence-corrected chi connectivity index (χ0v) is 16.6. The second kappa shape index (κ2) is 7.43. The van der Waals surface area contributed by atoms with Crippen molar-refractivity contribution in [2.24, 2.45) is 7.05 Å². The molecule has 27 heavy (non-hydrogen) atoms. The summed E-state index contributed by atoms with van der Waals surface area (Å²) in [5, 5.41) is 8.82. The van der Waals surface area contributed by atoms with E-state index in [1.807, 2.05) is 32.1 Å². The van der Waals surface area contributed by atoms with Crippen LogP contribution in [0, 0.1) is 0 Å². The topological polar surface area (TPSA) is 54.3 Å². The highest BCUT2D eigenvalue weighted by molar-refractivity contribution is 5.94. The molecule has 1 aromatic heterocycles. The number of aryl methyl sites for hydroxylation is 2. The first-order valence-corrected chi connectivity index (χ1v) is 9.97. The summed E-state index contributed by atoms with van der Waals surface area (Å²) in [4.78, 5) is 17.2. The first-order valence-electron chi connectivity index (χ1n) is 9.97. The van der Waals surface area contributed by atoms with Gasteiger partial charge in [-0.05, 0) is 69.5 Å². The van der Waals surface area contributed by atoms with Crippen molar-refractivity contribution in [1.29, 1.82) is 0 Å². The molecule has 144 valence electrons. The molecule has 1 amide bonds. The molecule has 0 saturated carbocycles. The molecule has 1 aromatic carbocycles. The van der Waals surface area contributed by atoms with Gasteiger partial charge in [0.1, 0.15) is 11.6 Å². The van der Waals surface area contributed by atoms with Gasteiger partial charge in [0.15, 0.2) is 0 Å². The molecule has 2 aromatic rings. The van der Waals surface area contributed by atoms with Crippen molar-refractivity contribution >= 4 is 5.91 Å². The van der Waals surface area contributed by atoms with Crippen molar-refractivity contribution in [2.75, 3.05) is 27.2 Å². The second-order valence-corrected chi connectivity index (χ2v) is 8.20. The molecule has 6 nitrogen and oxygen atoms in total. The smallest absolute Gasteiger partial charge is 0.253 e. The van der Waals surface area contributed by atoms with E-state index in [4.69, 9.17) is 0 Å². The van der Waals surface area contributed by atoms with Gasteiger partial charge >= 0.3 is 0 Å². The van der Waals surface area contributed by atoms with Crippen molar-refractivity contribution < 1.29 is 4.79 Å². The third kappa shape index (κ3) is 3.63. The monoisotopic (exact) mass is 367 g/mol. The third-order valence-electron chi connectivity index (χ3n) is 5.88. The van der Waals surface area contributed by atoms with Gasteiger partial charge in [-0.25, -0.2) is 0 Å². The lowest BCUT2D eigenvalue weighted by Gasteiger charge is -2.32. The van der Waals surface area contributed by atoms with Gasteiger partial charge in [-0.3, -0.25) is 4.79 Å². The molecule has 1 saturated heterocycles. The number of carbonyl (C=O) groups is 1. The first-order chi connectivity index (χ1) is 13.0. The quantitative estimate of drug-likeness (QED) is 0.833. The zero-order chi connectivity index (χ0) is 19.0. The third-order valence-corrected chi connectivity index (χ3v) is 5.88. The summed E-state index contributed by atoms with van der Waals surface area (Å²) in [5.74, 6) is 2.38. The highest BCUT2D eigenvalue weighted by Gasteiger charge is 2.29. The van der Waals surface area contributed by atoms with Gasteiger partial charge in [0.25, 0.3) is 5.91 Å². The Morgan fingerprint density at radius 3 is 2.81 bits per heavy atom. The van der Waals surface area contributed by atoms with Gasteiger partial charge in [0.05, 0.1) is 6.54 Å². The number of nitrogens with zero attached hydrogens (tertiary/aromatic N) is 5. The maximum absolute atomic E-state index is 13.1. The lowest BCUT2D eigenvalue weighted by Crippen LogP contribution is -2.39. The lowest BCUT2D eigenvalue weighted by molar-refractivity contribution is 0.0703. The molecule has 1 fully saturated rings. The number of amides is 1. The maximum atomic E-state index is 13.1. The summed E-state index contributed by atoms with van der Waals surface area (Å²) in [6.45, 7) is 2.33. The van der Waals surface area contributed by atoms with Crippen LogP contribution in [0.25, 0.3) is 0 Å². The van der Waals surface area contributed by atoms with Crippen molar-refractivity contribution in [3.05, 3.63) is 46.5 Å². The Labute approximate surface area is 161 Å². The predicted molar refractivity (Wildman–Crippen MR) is 105 cm³/mol. The molecule has 0 spiro atoms. The second-order valence-electron chi connectivity index (χ2n) is 8.20. The van der Waals surface area contributed by atoms with Crippen LogP contribution in [0.2, 0.25) is 0 Å². The standard InChI is InChI=1S/C21H29N5O/c1-24(2)14-19-22-23-20(25(19)3)18-8-5-11-26(13-18)21(27)17-10-9-15-6-4-7-16(15)12-17/h9-10,12,18H,4-8,11,13-14H2,1-3H3/t18-/m1/s1. The van der Waals surface area contributed by atoms with E-state index in [0.717, 1.165) is 62.5 Å². The van der Waals surface area contributed by atoms with Crippen LogP contribution >= 0.6 is 0 Å². The number of benzene rings is 1. The van der Waals surface area contributed by atoms with Crippen molar-refractivity contribution in [1.82, 2.24) is 24.6 Å². The minimum absolute atomic E-state index is 0.157. The average molecular weight is 367 g/mol. The molecule has 0 unspecified atom stereocenters. The molecule has 0 bridgehead atoms. The van der Waals surface area contributed by atoms with Gasteiger partial charge in [0, 0.05) is 31.6 Å². The number of carbonyl (C=O) groups excluding carboxylic acids is 1. The van der Waals surface area contributed by atoms with E-state index in [9.17, 15) is 4.79 Å². The number of piperidine rings is 1. The number of rotatable bonds is 4. The lowest BCUT2D eigenvalue weighted by atomic mass is 9.96. The van der Waals surface area contributed by atoms with Crippen LogP contribution < -0.4 is 0 Å². The predicted octanol–water partition coefficient (Wildman–Crippen LogP) is 2.39. The average Bonchev–Trinajstić information content (AvgIpc) is 3.27. The summed E-state index contributed by atoms with van der Waals surface area (Å²) >= 11 is 0. The largest absolute Gasteiger partial charge is 0.338 e. The fourth-order valence-electron chi connectivity index (χ4n) is 4.41. The molecule has 0 radical (unpaired) electrons. The van der Waals surface area contributed by atoms with Crippen LogP contribution in [0.4, 0.5) is 0 Å². The molecule has 1 atom stereocenters. The summed E-state index contributed by atoms with van der Waals surface area (Å²) in [7, 11) is 6.10. The Morgan fingerprint density at radius 2 is 2.00 bits per heavy atom. The Hall–Kier alpha value is -2.21. The van der Waals surface area contributed by atoms with E-state index in [1.165, 1.54) is 17.5 Å². The molecule has 6 heteroatoms. The van der Waals surface area contributed by atoms with E-state index in [2.05, 4.69) is 31.8 Å². The number of hydrogen-bond donors (Lipinski definition) is 0. The zero-order valence-electron chi connectivity index (χ0n) is 16.6. The molecule has 4 rings (SSSR count). The van der Waals surface area contributed by atoms with Gasteiger partial charge in [-0.1, -0.05) is 6.07 Å². The Bertz CT molecular complexity index is 841. The Morgan fingerprint density at radius 1 is 1.19 bits per heavy atom. The van der Waals surface area contributed by atoms with Crippen LogP contribution in [-0.4, -0.2) is 57.7 Å². The summed E-state index contributed by atoms with van der Waals surface area (Å²) in [6, 6.07) is 6.27. The number of hydrogen-bond acceptors (Lipinski definition) is 4. The van der Waals surface area contributed by atoms with Gasteiger partial charge < -0.3 is 14.4 Å². The van der Waals surface area contributed by atoms with Crippen molar-refractivity contribution in [3.8, 4) is 0 Å². The van der Waals surface area contributed by atoms with E-state index in [0.29, 0.717) is 0 Å². The fraction of sp³-hybridized carbons (Fsp3) is 0.571. The molecule has 2 aliphatic rings. The summed E-state index contributed by atoms with van der Waals surface area (Å²) in [6.07, 6.45) is 5.53. The molecule has 2 heterocycles. The van der Waals surface area contributed by atoms with Crippen LogP contribution in [-0.2, 0) is 26.4 Å². The highest BCUT2D eigenvalue weighted by atomic mass is 16.2. The van der Waals surface area contributed by atoms with Crippen LogP contribution in [0.5, 0.6) is 0 Å². The Kier molecular flexibility index (Phi) is 5.00. The summed E-state index contributed by atoms with van der Waals surface area (Å²) < 4.78 is 2.11. The number of fused-ring (bicyclic) bond motifs is 1. The molecule has 1 aliphatic carbocycles. The van der Waals surface area contributed by atoms with Gasteiger partial charge in [-0.15, -0.1) is 10.2 Å². The van der Waals surface area contributed by atoms with Crippen LogP contribution in [0.1, 0.15) is 58.3 Å². The van der Waals surface area contributed by atoms with Crippen LogP contribution in [0.3, 0.4) is 0 Å². The minimum atomic E-state index is 0.157. The van der Waals surface area contributed by atoms with E-state index in [1.54, 1.807) is 0 Å². The number of aromatic nitrogens is 3. The fourth-order valence-corrected chi connectivity index (χ4v) is 4.41. The van der Waals surface area contributed by atoms with Crippen LogP contribution in [0.15, 0.2) is 18.2 Å². The highest BCUT2D eigenvalue weighted by Crippen LogP contribution is 2.28. The normalized spacial score (nSPS) is 19.6. The maximum Gasteiger partial charge on any atom is 0.253 e. The van der Waals surface area contributed by atoms with E-state index >= 15 is 0 Å². The van der Waals surface area contributed by atoms with Crippen molar-refractivity contribution in [3.63, 3.8) is 0 Å². The molecular weight excluding hydrogens is 338 g/mol. The van der Waals surface area contributed by atoms with Gasteiger partial charge in [0.2, 0.25) is 0 Å². The van der Waals surface area contributed by atoms with E-state index in [-0.39, 0.29) is 11.8 Å². The van der Waals surface area contributed by atoms with Gasteiger partial charge in [-0.2, -0.15) is 0 Å². The number of likely N-dealkylation sites (tertiary alicyclic amines) is 1. The Balaban J connectivity index is 1.50. The molecule has 1 aliphatic heterocycles. The SMILES string of the molecule is CN(C)Cc1nnc([C@@H]2CCCN(C(=O)c3ccc4c(c3)CCC4)C2)n1C. The summed E-state index contributed by atoms with van der Waals surface area (Å²) in [5.41, 5.74) is 3.61. The van der Waals surface area contributed by atoms with Crippen molar-refractivity contribution in [2.45, 2.75) is 44.6 Å². The molecule has 0 N–H and O–H groups in total.